The molecule has 0 aliphatic rings. The molecule has 3 nitrogen and oxygen atoms in total. The van der Waals surface area contributed by atoms with Crippen molar-refractivity contribution in [2.45, 2.75) is 4.90 Å². The summed E-state index contributed by atoms with van der Waals surface area (Å²) in [6.07, 6.45) is 5.61. The van der Waals surface area contributed by atoms with Crippen molar-refractivity contribution in [1.82, 2.24) is 14.6 Å². The third-order valence-corrected chi connectivity index (χ3v) is 3.56. The first-order valence-corrected chi connectivity index (χ1v) is 5.64. The van der Waals surface area contributed by atoms with Crippen LogP contribution in [0.25, 0.3) is 5.65 Å². The summed E-state index contributed by atoms with van der Waals surface area (Å²) in [6.45, 7) is 0. The molecule has 0 amide bonds. The highest BCUT2D eigenvalue weighted by atomic mass is 127. The highest BCUT2D eigenvalue weighted by Gasteiger charge is 2.01. The van der Waals surface area contributed by atoms with E-state index in [1.54, 1.807) is 22.6 Å². The van der Waals surface area contributed by atoms with Gasteiger partial charge in [0.2, 0.25) is 0 Å². The van der Waals surface area contributed by atoms with Gasteiger partial charge in [0.1, 0.15) is 6.33 Å². The number of pyridine rings is 1. The molecule has 2 aromatic rings. The van der Waals surface area contributed by atoms with E-state index in [1.165, 1.54) is 8.47 Å². The van der Waals surface area contributed by atoms with Crippen molar-refractivity contribution in [1.29, 1.82) is 0 Å². The molecule has 2 heterocycles. The molecule has 0 spiro atoms. The van der Waals surface area contributed by atoms with Gasteiger partial charge < -0.3 is 0 Å². The van der Waals surface area contributed by atoms with Gasteiger partial charge in [0.15, 0.2) is 5.65 Å². The van der Waals surface area contributed by atoms with Crippen molar-refractivity contribution in [3.8, 4) is 0 Å². The Bertz CT molecular complexity index is 412. The second-order valence-corrected chi connectivity index (χ2v) is 4.26. The molecule has 0 aliphatic carbocycles. The molecule has 62 valence electrons. The predicted octanol–water partition coefficient (Wildman–Crippen LogP) is 2.06. The minimum atomic E-state index is 0.903. The number of nitrogens with zero attached hydrogens (tertiary/aromatic N) is 3. The van der Waals surface area contributed by atoms with Crippen molar-refractivity contribution < 1.29 is 0 Å². The van der Waals surface area contributed by atoms with Gasteiger partial charge in [-0.1, -0.05) is 0 Å². The third kappa shape index (κ3) is 1.31. The topological polar surface area (TPSA) is 30.2 Å². The molecule has 0 N–H and O–H groups in total. The van der Waals surface area contributed by atoms with E-state index >= 15 is 0 Å². The predicted molar refractivity (Wildman–Crippen MR) is 57.5 cm³/mol. The van der Waals surface area contributed by atoms with Gasteiger partial charge in [0, 0.05) is 14.7 Å². The van der Waals surface area contributed by atoms with Gasteiger partial charge in [-0.2, -0.15) is 5.10 Å². The first-order chi connectivity index (χ1) is 5.81. The zero-order valence-corrected chi connectivity index (χ0v) is 9.33. The Labute approximate surface area is 87.7 Å². The normalized spacial score (nSPS) is 10.8. The second-order valence-electron chi connectivity index (χ2n) is 2.25. The maximum Gasteiger partial charge on any atom is 0.156 e. The SMILES string of the molecule is CSc1cc2ncnn2cc1I. The molecule has 0 saturated carbocycles. The van der Waals surface area contributed by atoms with Crippen LogP contribution in [0.4, 0.5) is 0 Å². The lowest BCUT2D eigenvalue weighted by Gasteiger charge is -1.99. The number of halogens is 1. The average molecular weight is 291 g/mol. The maximum atomic E-state index is 4.10. The van der Waals surface area contributed by atoms with Crippen molar-refractivity contribution in [3.05, 3.63) is 22.2 Å². The summed E-state index contributed by atoms with van der Waals surface area (Å²) < 4.78 is 2.99. The van der Waals surface area contributed by atoms with E-state index in [9.17, 15) is 0 Å². The number of rotatable bonds is 1. The molecule has 2 aromatic heterocycles. The summed E-state index contributed by atoms with van der Waals surface area (Å²) in [5, 5.41) is 4.05. The Morgan fingerprint density at radius 1 is 1.58 bits per heavy atom. The van der Waals surface area contributed by atoms with Gasteiger partial charge in [0.25, 0.3) is 0 Å². The van der Waals surface area contributed by atoms with Crippen LogP contribution in [0.1, 0.15) is 0 Å². The minimum absolute atomic E-state index is 0.903. The van der Waals surface area contributed by atoms with Crippen LogP contribution in [0, 0.1) is 3.57 Å². The van der Waals surface area contributed by atoms with Crippen LogP contribution in [0.3, 0.4) is 0 Å². The van der Waals surface area contributed by atoms with Gasteiger partial charge in [-0.05, 0) is 34.9 Å². The Morgan fingerprint density at radius 3 is 3.17 bits per heavy atom. The fourth-order valence-electron chi connectivity index (χ4n) is 0.975. The Morgan fingerprint density at radius 2 is 2.42 bits per heavy atom. The van der Waals surface area contributed by atoms with Gasteiger partial charge >= 0.3 is 0 Å². The number of thioether (sulfide) groups is 1. The smallest absolute Gasteiger partial charge is 0.156 e. The van der Waals surface area contributed by atoms with Crippen LogP contribution < -0.4 is 0 Å². The molecule has 0 radical (unpaired) electrons. The number of hydrogen-bond acceptors (Lipinski definition) is 3. The molecule has 0 unspecified atom stereocenters. The van der Waals surface area contributed by atoms with E-state index in [-0.39, 0.29) is 0 Å². The van der Waals surface area contributed by atoms with Crippen LogP contribution in [0.15, 0.2) is 23.5 Å². The summed E-state index contributed by atoms with van der Waals surface area (Å²) in [7, 11) is 0. The molecule has 12 heavy (non-hydrogen) atoms. The summed E-state index contributed by atoms with van der Waals surface area (Å²) in [6, 6.07) is 2.04. The lowest BCUT2D eigenvalue weighted by Crippen LogP contribution is -1.89. The number of aromatic nitrogens is 3. The van der Waals surface area contributed by atoms with Crippen molar-refractivity contribution in [3.63, 3.8) is 0 Å². The first kappa shape index (κ1) is 8.31. The lowest BCUT2D eigenvalue weighted by molar-refractivity contribution is 0.946. The van der Waals surface area contributed by atoms with Crippen LogP contribution in [0.2, 0.25) is 0 Å². The Hall–Kier alpha value is -0.300. The standard InChI is InChI=1S/C7H6IN3S/c1-12-6-2-7-9-4-10-11(7)3-5(6)8/h2-4H,1H3. The van der Waals surface area contributed by atoms with Crippen LogP contribution in [-0.4, -0.2) is 20.9 Å². The van der Waals surface area contributed by atoms with Crippen LogP contribution in [-0.2, 0) is 0 Å². The summed E-state index contributed by atoms with van der Waals surface area (Å²) in [4.78, 5) is 5.35. The van der Waals surface area contributed by atoms with Crippen LogP contribution >= 0.6 is 34.4 Å². The molecular formula is C7H6IN3S. The lowest BCUT2D eigenvalue weighted by atomic mass is 10.5. The molecule has 0 aliphatic heterocycles. The van der Waals surface area contributed by atoms with E-state index < -0.39 is 0 Å². The Kier molecular flexibility index (Phi) is 2.22. The highest BCUT2D eigenvalue weighted by Crippen LogP contribution is 2.22. The molecule has 0 fully saturated rings. The maximum absolute atomic E-state index is 4.10. The van der Waals surface area contributed by atoms with E-state index in [2.05, 4.69) is 38.9 Å². The highest BCUT2D eigenvalue weighted by molar-refractivity contribution is 14.1. The quantitative estimate of drug-likeness (QED) is 0.595. The molecule has 0 aromatic carbocycles. The first-order valence-electron chi connectivity index (χ1n) is 3.34. The van der Waals surface area contributed by atoms with Gasteiger partial charge in [0.05, 0.1) is 0 Å². The summed E-state index contributed by atoms with van der Waals surface area (Å²) in [5.74, 6) is 0. The average Bonchev–Trinajstić information content (AvgIpc) is 2.49. The largest absolute Gasteiger partial charge is 0.220 e. The van der Waals surface area contributed by atoms with E-state index in [4.69, 9.17) is 0 Å². The molecule has 2 rings (SSSR count). The fourth-order valence-corrected chi connectivity index (χ4v) is 2.53. The van der Waals surface area contributed by atoms with Crippen molar-refractivity contribution in [2.75, 3.05) is 6.26 Å². The van der Waals surface area contributed by atoms with E-state index in [1.807, 2.05) is 12.3 Å². The minimum Gasteiger partial charge on any atom is -0.220 e. The van der Waals surface area contributed by atoms with E-state index in [0.717, 1.165) is 5.65 Å². The van der Waals surface area contributed by atoms with Gasteiger partial charge in [-0.25, -0.2) is 9.50 Å². The summed E-state index contributed by atoms with van der Waals surface area (Å²) in [5.41, 5.74) is 0.903. The monoisotopic (exact) mass is 291 g/mol. The fraction of sp³-hybridized carbons (Fsp3) is 0.143. The molecule has 0 saturated heterocycles. The summed E-state index contributed by atoms with van der Waals surface area (Å²) >= 11 is 4.02. The van der Waals surface area contributed by atoms with Gasteiger partial charge in [-0.3, -0.25) is 0 Å². The van der Waals surface area contributed by atoms with Gasteiger partial charge in [-0.15, -0.1) is 11.8 Å². The Balaban J connectivity index is 2.73. The van der Waals surface area contributed by atoms with Crippen LogP contribution in [0.5, 0.6) is 0 Å². The number of hydrogen-bond donors (Lipinski definition) is 0. The zero-order chi connectivity index (χ0) is 8.55. The number of fused-ring (bicyclic) bond motifs is 1. The molecule has 5 heteroatoms. The second kappa shape index (κ2) is 3.21. The molecular weight excluding hydrogens is 285 g/mol. The third-order valence-electron chi connectivity index (χ3n) is 1.55. The molecule has 0 atom stereocenters. The molecule has 0 bridgehead atoms. The van der Waals surface area contributed by atoms with E-state index in [0.29, 0.717) is 0 Å². The zero-order valence-electron chi connectivity index (χ0n) is 6.36. The van der Waals surface area contributed by atoms with Crippen molar-refractivity contribution in [2.24, 2.45) is 0 Å². The van der Waals surface area contributed by atoms with Crippen molar-refractivity contribution >= 4 is 40.0 Å².